The summed E-state index contributed by atoms with van der Waals surface area (Å²) in [6.07, 6.45) is 1.80. The molecule has 2 unspecified atom stereocenters. The number of hydrogen-bond donors (Lipinski definition) is 1. The van der Waals surface area contributed by atoms with E-state index < -0.39 is 0 Å². The van der Waals surface area contributed by atoms with E-state index in [1.165, 1.54) is 17.5 Å². The van der Waals surface area contributed by atoms with Crippen molar-refractivity contribution in [1.29, 1.82) is 0 Å². The second kappa shape index (κ2) is 3.64. The average molecular weight is 204 g/mol. The van der Waals surface area contributed by atoms with E-state index in [4.69, 9.17) is 0 Å². The van der Waals surface area contributed by atoms with Crippen molar-refractivity contribution in [3.8, 4) is 0 Å². The van der Waals surface area contributed by atoms with Gasteiger partial charge in [-0.3, -0.25) is 0 Å². The molecule has 1 N–H and O–H groups in total. The molecule has 1 aromatic carbocycles. The Morgan fingerprint density at radius 1 is 1.47 bits per heavy atom. The number of benzene rings is 1. The summed E-state index contributed by atoms with van der Waals surface area (Å²) >= 11 is 0. The molecule has 1 saturated carbocycles. The topological polar surface area (TPSA) is 20.2 Å². The van der Waals surface area contributed by atoms with Gasteiger partial charge in [0.15, 0.2) is 0 Å². The van der Waals surface area contributed by atoms with Gasteiger partial charge in [-0.15, -0.1) is 0 Å². The lowest BCUT2D eigenvalue weighted by Gasteiger charge is -2.12. The predicted molar refractivity (Wildman–Crippen MR) is 62.8 cm³/mol. The van der Waals surface area contributed by atoms with Crippen LogP contribution in [0.3, 0.4) is 0 Å². The Bertz CT molecular complexity index is 354. The molecule has 0 spiro atoms. The fraction of sp³-hybridized carbons (Fsp3) is 0.571. The molecule has 0 aliphatic heterocycles. The number of aliphatic hydroxyl groups excluding tert-OH is 1. The third-order valence-corrected chi connectivity index (χ3v) is 3.58. The van der Waals surface area contributed by atoms with E-state index in [9.17, 15) is 5.11 Å². The molecule has 1 aliphatic rings. The number of aryl methyl sites for hydroxylation is 1. The van der Waals surface area contributed by atoms with Gasteiger partial charge in [0.25, 0.3) is 0 Å². The maximum Gasteiger partial charge on any atom is 0.0614 e. The van der Waals surface area contributed by atoms with E-state index >= 15 is 0 Å². The molecule has 82 valence electrons. The molecule has 0 aromatic heterocycles. The molecule has 2 atom stereocenters. The van der Waals surface area contributed by atoms with Crippen LogP contribution in [0.25, 0.3) is 0 Å². The van der Waals surface area contributed by atoms with Gasteiger partial charge < -0.3 is 5.11 Å². The van der Waals surface area contributed by atoms with E-state index in [2.05, 4.69) is 45.0 Å². The van der Waals surface area contributed by atoms with Crippen molar-refractivity contribution in [2.45, 2.75) is 39.7 Å². The molecule has 1 aliphatic carbocycles. The highest BCUT2D eigenvalue weighted by Crippen LogP contribution is 2.53. The van der Waals surface area contributed by atoms with Crippen molar-refractivity contribution in [2.75, 3.05) is 0 Å². The minimum Gasteiger partial charge on any atom is -0.392 e. The molecule has 0 amide bonds. The van der Waals surface area contributed by atoms with Crippen molar-refractivity contribution in [3.05, 3.63) is 35.4 Å². The minimum atomic E-state index is -0.165. The van der Waals surface area contributed by atoms with Crippen LogP contribution in [0.2, 0.25) is 0 Å². The lowest BCUT2D eigenvalue weighted by Crippen LogP contribution is -2.16. The molecule has 2 rings (SSSR count). The van der Waals surface area contributed by atoms with E-state index in [0.29, 0.717) is 11.3 Å². The largest absolute Gasteiger partial charge is 0.392 e. The van der Waals surface area contributed by atoms with Crippen molar-refractivity contribution < 1.29 is 5.11 Å². The van der Waals surface area contributed by atoms with Gasteiger partial charge in [0, 0.05) is 0 Å². The van der Waals surface area contributed by atoms with Crippen molar-refractivity contribution >= 4 is 0 Å². The molecule has 1 aromatic rings. The Kier molecular flexibility index (Phi) is 2.59. The first kappa shape index (κ1) is 10.7. The molecule has 0 saturated heterocycles. The second-order valence-electron chi connectivity index (χ2n) is 5.56. The summed E-state index contributed by atoms with van der Waals surface area (Å²) in [7, 11) is 0. The van der Waals surface area contributed by atoms with E-state index in [-0.39, 0.29) is 6.10 Å². The Hall–Kier alpha value is -0.820. The van der Waals surface area contributed by atoms with Crippen LogP contribution in [0.5, 0.6) is 0 Å². The van der Waals surface area contributed by atoms with Gasteiger partial charge in [-0.05, 0) is 36.7 Å². The van der Waals surface area contributed by atoms with Crippen molar-refractivity contribution in [1.82, 2.24) is 0 Å². The minimum absolute atomic E-state index is 0.165. The summed E-state index contributed by atoms with van der Waals surface area (Å²) < 4.78 is 0. The van der Waals surface area contributed by atoms with Gasteiger partial charge in [0.1, 0.15) is 0 Å². The van der Waals surface area contributed by atoms with Crippen LogP contribution in [0.1, 0.15) is 31.4 Å². The smallest absolute Gasteiger partial charge is 0.0614 e. The van der Waals surface area contributed by atoms with Gasteiger partial charge in [-0.1, -0.05) is 43.7 Å². The zero-order chi connectivity index (χ0) is 11.1. The first-order valence-corrected chi connectivity index (χ1v) is 5.73. The predicted octanol–water partition coefficient (Wildman–Crippen LogP) is 2.94. The average Bonchev–Trinajstić information content (AvgIpc) is 2.75. The van der Waals surface area contributed by atoms with Gasteiger partial charge >= 0.3 is 0 Å². The number of aliphatic hydroxyl groups is 1. The quantitative estimate of drug-likeness (QED) is 0.802. The lowest BCUT2D eigenvalue weighted by molar-refractivity contribution is 0.137. The molecule has 15 heavy (non-hydrogen) atoms. The van der Waals surface area contributed by atoms with Crippen LogP contribution < -0.4 is 0 Å². The summed E-state index contributed by atoms with van der Waals surface area (Å²) in [5.41, 5.74) is 2.89. The Labute approximate surface area is 92.1 Å². The van der Waals surface area contributed by atoms with Crippen LogP contribution in [0, 0.1) is 18.3 Å². The zero-order valence-corrected chi connectivity index (χ0v) is 9.83. The van der Waals surface area contributed by atoms with Crippen molar-refractivity contribution in [2.24, 2.45) is 11.3 Å². The zero-order valence-electron chi connectivity index (χ0n) is 9.83. The van der Waals surface area contributed by atoms with Crippen LogP contribution in [-0.2, 0) is 6.42 Å². The summed E-state index contributed by atoms with van der Waals surface area (Å²) in [6.45, 7) is 6.56. The standard InChI is InChI=1S/C14H20O/c1-10-5-4-6-11(7-10)8-13(15)12-9-14(12,2)3/h4-7,12-13,15H,8-9H2,1-3H3. The molecular formula is C14H20O. The molecule has 0 radical (unpaired) electrons. The SMILES string of the molecule is Cc1cccc(CC(O)C2CC2(C)C)c1. The third-order valence-electron chi connectivity index (χ3n) is 3.58. The molecule has 1 nitrogen and oxygen atoms in total. The van der Waals surface area contributed by atoms with Gasteiger partial charge in [-0.2, -0.15) is 0 Å². The third kappa shape index (κ3) is 2.40. The van der Waals surface area contributed by atoms with Crippen LogP contribution >= 0.6 is 0 Å². The van der Waals surface area contributed by atoms with E-state index in [1.807, 2.05) is 0 Å². The molecular weight excluding hydrogens is 184 g/mol. The Balaban J connectivity index is 1.98. The van der Waals surface area contributed by atoms with Crippen LogP contribution in [-0.4, -0.2) is 11.2 Å². The summed E-state index contributed by atoms with van der Waals surface area (Å²) in [6, 6.07) is 8.43. The second-order valence-corrected chi connectivity index (χ2v) is 5.56. The van der Waals surface area contributed by atoms with E-state index in [0.717, 1.165) is 6.42 Å². The summed E-state index contributed by atoms with van der Waals surface area (Å²) in [4.78, 5) is 0. The number of hydrogen-bond acceptors (Lipinski definition) is 1. The van der Waals surface area contributed by atoms with Crippen LogP contribution in [0.4, 0.5) is 0 Å². The van der Waals surface area contributed by atoms with Crippen LogP contribution in [0.15, 0.2) is 24.3 Å². The maximum absolute atomic E-state index is 10.1. The normalized spacial score (nSPS) is 24.9. The Morgan fingerprint density at radius 2 is 2.13 bits per heavy atom. The monoisotopic (exact) mass is 204 g/mol. The molecule has 0 bridgehead atoms. The molecule has 1 fully saturated rings. The number of rotatable bonds is 3. The molecule has 1 heteroatoms. The Morgan fingerprint density at radius 3 is 2.67 bits per heavy atom. The fourth-order valence-corrected chi connectivity index (χ4v) is 2.39. The summed E-state index contributed by atoms with van der Waals surface area (Å²) in [5, 5.41) is 10.1. The summed E-state index contributed by atoms with van der Waals surface area (Å²) in [5.74, 6) is 0.498. The lowest BCUT2D eigenvalue weighted by atomic mass is 9.99. The van der Waals surface area contributed by atoms with E-state index in [1.54, 1.807) is 0 Å². The first-order chi connectivity index (χ1) is 6.99. The highest BCUT2D eigenvalue weighted by Gasteiger charge is 2.49. The molecule has 0 heterocycles. The first-order valence-electron chi connectivity index (χ1n) is 5.73. The fourth-order valence-electron chi connectivity index (χ4n) is 2.39. The van der Waals surface area contributed by atoms with Gasteiger partial charge in [0.2, 0.25) is 0 Å². The maximum atomic E-state index is 10.1. The van der Waals surface area contributed by atoms with Gasteiger partial charge in [-0.25, -0.2) is 0 Å². The van der Waals surface area contributed by atoms with Gasteiger partial charge in [0.05, 0.1) is 6.10 Å². The van der Waals surface area contributed by atoms with Crippen molar-refractivity contribution in [3.63, 3.8) is 0 Å². The highest BCUT2D eigenvalue weighted by atomic mass is 16.3. The highest BCUT2D eigenvalue weighted by molar-refractivity contribution is 5.23.